The van der Waals surface area contributed by atoms with E-state index in [1.807, 2.05) is 0 Å². The fourth-order valence-corrected chi connectivity index (χ4v) is 4.56. The zero-order chi connectivity index (χ0) is 19.9. The van der Waals surface area contributed by atoms with E-state index >= 15 is 0 Å². The molecule has 28 heavy (non-hydrogen) atoms. The Morgan fingerprint density at radius 3 is 2.96 bits per heavy atom. The molecule has 11 heteroatoms. The lowest BCUT2D eigenvalue weighted by Crippen LogP contribution is -2.36. The number of ether oxygens (including phenoxy) is 1. The van der Waals surface area contributed by atoms with E-state index in [-0.39, 0.29) is 35.6 Å². The van der Waals surface area contributed by atoms with Crippen molar-refractivity contribution in [3.63, 3.8) is 0 Å². The zero-order valence-corrected chi connectivity index (χ0v) is 16.2. The number of carbonyl (C=O) groups is 1. The quantitative estimate of drug-likeness (QED) is 0.758. The van der Waals surface area contributed by atoms with Crippen LogP contribution in [-0.2, 0) is 4.74 Å². The SMILES string of the molecule is O=C(NCC1CCCO1)c1nn2c(c1Cl)NC(c1cccs1)CC2C(F)(F)F. The third-order valence-electron chi connectivity index (χ3n) is 4.91. The molecule has 3 unspecified atom stereocenters. The fourth-order valence-electron chi connectivity index (χ4n) is 3.51. The van der Waals surface area contributed by atoms with Crippen LogP contribution in [-0.4, -0.2) is 41.1 Å². The number of aromatic nitrogens is 2. The van der Waals surface area contributed by atoms with Crippen molar-refractivity contribution in [1.29, 1.82) is 0 Å². The Hall–Kier alpha value is -1.78. The number of nitrogens with zero attached hydrogens (tertiary/aromatic N) is 2. The first-order chi connectivity index (χ1) is 13.3. The van der Waals surface area contributed by atoms with Gasteiger partial charge in [-0.25, -0.2) is 4.68 Å². The predicted octanol–water partition coefficient (Wildman–Crippen LogP) is 4.17. The van der Waals surface area contributed by atoms with Crippen molar-refractivity contribution in [2.24, 2.45) is 0 Å². The summed E-state index contributed by atoms with van der Waals surface area (Å²) < 4.78 is 47.3. The molecule has 2 aromatic heterocycles. The Balaban J connectivity index is 1.61. The molecule has 1 fully saturated rings. The maximum absolute atomic E-state index is 13.7. The van der Waals surface area contributed by atoms with Gasteiger partial charge in [0, 0.05) is 24.4 Å². The van der Waals surface area contributed by atoms with Crippen LogP contribution in [0, 0.1) is 0 Å². The molecule has 1 amide bonds. The molecule has 0 spiro atoms. The van der Waals surface area contributed by atoms with Crippen LogP contribution in [0.3, 0.4) is 0 Å². The highest BCUT2D eigenvalue weighted by Crippen LogP contribution is 2.46. The third kappa shape index (κ3) is 3.72. The largest absolute Gasteiger partial charge is 0.410 e. The van der Waals surface area contributed by atoms with Crippen LogP contribution in [0.2, 0.25) is 5.02 Å². The molecular weight excluding hydrogens is 417 g/mol. The Morgan fingerprint density at radius 2 is 2.32 bits per heavy atom. The number of rotatable bonds is 4. The summed E-state index contributed by atoms with van der Waals surface area (Å²) in [5, 5.41) is 11.3. The van der Waals surface area contributed by atoms with Crippen LogP contribution in [0.1, 0.15) is 46.7 Å². The summed E-state index contributed by atoms with van der Waals surface area (Å²) in [6.07, 6.45) is -3.10. The molecule has 0 aliphatic carbocycles. The van der Waals surface area contributed by atoms with Gasteiger partial charge in [-0.3, -0.25) is 4.79 Å². The van der Waals surface area contributed by atoms with Crippen LogP contribution >= 0.6 is 22.9 Å². The second kappa shape index (κ2) is 7.57. The molecule has 0 saturated carbocycles. The van der Waals surface area contributed by atoms with Gasteiger partial charge in [-0.05, 0) is 24.3 Å². The van der Waals surface area contributed by atoms with Crippen LogP contribution in [0.15, 0.2) is 17.5 Å². The number of fused-ring (bicyclic) bond motifs is 1. The van der Waals surface area contributed by atoms with Gasteiger partial charge in [0.15, 0.2) is 11.7 Å². The molecule has 6 nitrogen and oxygen atoms in total. The number of hydrogen-bond acceptors (Lipinski definition) is 5. The minimum absolute atomic E-state index is 0.0101. The second-order valence-electron chi connectivity index (χ2n) is 6.81. The molecule has 152 valence electrons. The molecule has 1 saturated heterocycles. The van der Waals surface area contributed by atoms with Crippen molar-refractivity contribution < 1.29 is 22.7 Å². The average Bonchev–Trinajstić information content (AvgIpc) is 3.40. The van der Waals surface area contributed by atoms with Gasteiger partial charge in [0.1, 0.15) is 10.8 Å². The molecule has 3 atom stereocenters. The van der Waals surface area contributed by atoms with E-state index in [4.69, 9.17) is 16.3 Å². The van der Waals surface area contributed by atoms with Gasteiger partial charge in [0.05, 0.1) is 12.1 Å². The van der Waals surface area contributed by atoms with Crippen molar-refractivity contribution >= 4 is 34.7 Å². The minimum atomic E-state index is -4.52. The Labute approximate surface area is 168 Å². The Morgan fingerprint density at radius 1 is 1.50 bits per heavy atom. The lowest BCUT2D eigenvalue weighted by Gasteiger charge is -2.32. The highest BCUT2D eigenvalue weighted by atomic mass is 35.5. The van der Waals surface area contributed by atoms with Gasteiger partial charge in [-0.2, -0.15) is 18.3 Å². The van der Waals surface area contributed by atoms with Crippen LogP contribution in [0.25, 0.3) is 0 Å². The first-order valence-corrected chi connectivity index (χ1v) is 10.1. The third-order valence-corrected chi connectivity index (χ3v) is 6.26. The van der Waals surface area contributed by atoms with Crippen molar-refractivity contribution in [2.45, 2.75) is 43.6 Å². The fraction of sp³-hybridized carbons (Fsp3) is 0.529. The van der Waals surface area contributed by atoms with Gasteiger partial charge in [0.2, 0.25) is 0 Å². The average molecular weight is 435 g/mol. The summed E-state index contributed by atoms with van der Waals surface area (Å²) in [6, 6.07) is 1.12. The number of nitrogens with one attached hydrogen (secondary N) is 2. The number of anilines is 1. The molecule has 4 rings (SSSR count). The molecule has 2 aromatic rings. The molecule has 2 N–H and O–H groups in total. The molecule has 0 radical (unpaired) electrons. The number of carbonyl (C=O) groups excluding carboxylic acids is 1. The molecule has 2 aliphatic rings. The van der Waals surface area contributed by atoms with Gasteiger partial charge < -0.3 is 15.4 Å². The zero-order valence-electron chi connectivity index (χ0n) is 14.6. The van der Waals surface area contributed by atoms with Gasteiger partial charge in [0.25, 0.3) is 5.91 Å². The van der Waals surface area contributed by atoms with Crippen LogP contribution in [0.4, 0.5) is 19.0 Å². The summed E-state index contributed by atoms with van der Waals surface area (Å²) in [7, 11) is 0. The van der Waals surface area contributed by atoms with E-state index in [1.165, 1.54) is 11.3 Å². The van der Waals surface area contributed by atoms with Crippen molar-refractivity contribution in [2.75, 3.05) is 18.5 Å². The normalized spacial score (nSPS) is 24.6. The standard InChI is InChI=1S/C17H18ClF3N4O2S/c18-13-14(16(26)22-8-9-3-1-5-27-9)24-25-12(17(19,20)21)7-10(23-15(13)25)11-4-2-6-28-11/h2,4,6,9-10,12,23H,1,3,5,7-8H2,(H,22,26). The number of halogens is 4. The number of hydrogen-bond donors (Lipinski definition) is 2. The summed E-state index contributed by atoms with van der Waals surface area (Å²) in [5.41, 5.74) is -0.219. The molecular formula is C17H18ClF3N4O2S. The van der Waals surface area contributed by atoms with E-state index in [1.54, 1.807) is 17.5 Å². The number of thiophene rings is 1. The van der Waals surface area contributed by atoms with Crippen LogP contribution in [0.5, 0.6) is 0 Å². The first kappa shape index (κ1) is 19.5. The minimum Gasteiger partial charge on any atom is -0.376 e. The van der Waals surface area contributed by atoms with Crippen molar-refractivity contribution in [3.8, 4) is 0 Å². The topological polar surface area (TPSA) is 68.2 Å². The van der Waals surface area contributed by atoms with E-state index in [0.717, 1.165) is 22.4 Å². The summed E-state index contributed by atoms with van der Waals surface area (Å²) in [5.74, 6) is -0.603. The summed E-state index contributed by atoms with van der Waals surface area (Å²) >= 11 is 7.63. The lowest BCUT2D eigenvalue weighted by molar-refractivity contribution is -0.173. The van der Waals surface area contributed by atoms with E-state index in [2.05, 4.69) is 15.7 Å². The predicted molar refractivity (Wildman–Crippen MR) is 98.9 cm³/mol. The first-order valence-electron chi connectivity index (χ1n) is 8.89. The van der Waals surface area contributed by atoms with E-state index in [9.17, 15) is 18.0 Å². The maximum Gasteiger partial charge on any atom is 0.410 e. The molecule has 2 aliphatic heterocycles. The van der Waals surface area contributed by atoms with E-state index < -0.39 is 24.2 Å². The van der Waals surface area contributed by atoms with Crippen LogP contribution < -0.4 is 10.6 Å². The Kier molecular flexibility index (Phi) is 5.28. The Bertz CT molecular complexity index is 849. The highest BCUT2D eigenvalue weighted by molar-refractivity contribution is 7.10. The summed E-state index contributed by atoms with van der Waals surface area (Å²) in [6.45, 7) is 0.909. The monoisotopic (exact) mass is 434 g/mol. The van der Waals surface area contributed by atoms with Gasteiger partial charge in [-0.1, -0.05) is 17.7 Å². The van der Waals surface area contributed by atoms with Crippen molar-refractivity contribution in [1.82, 2.24) is 15.1 Å². The van der Waals surface area contributed by atoms with Crippen molar-refractivity contribution in [3.05, 3.63) is 33.1 Å². The smallest absolute Gasteiger partial charge is 0.376 e. The highest BCUT2D eigenvalue weighted by Gasteiger charge is 2.48. The van der Waals surface area contributed by atoms with E-state index in [0.29, 0.717) is 6.61 Å². The van der Waals surface area contributed by atoms with Gasteiger partial charge >= 0.3 is 6.18 Å². The molecule has 4 heterocycles. The van der Waals surface area contributed by atoms with Gasteiger partial charge in [-0.15, -0.1) is 11.3 Å². The number of amides is 1. The number of alkyl halides is 3. The molecule has 0 bridgehead atoms. The maximum atomic E-state index is 13.7. The second-order valence-corrected chi connectivity index (χ2v) is 8.16. The molecule has 0 aromatic carbocycles. The summed E-state index contributed by atoms with van der Waals surface area (Å²) in [4.78, 5) is 13.2. The lowest BCUT2D eigenvalue weighted by atomic mass is 10.0.